The second-order valence-electron chi connectivity index (χ2n) is 3.47. The van der Waals surface area contributed by atoms with Gasteiger partial charge in [0, 0.05) is 26.3 Å². The third kappa shape index (κ3) is 7.26. The van der Waals surface area contributed by atoms with Crippen LogP contribution in [-0.2, 0) is 9.47 Å². The number of methoxy groups -OCH3 is 1. The summed E-state index contributed by atoms with van der Waals surface area (Å²) in [6.07, 6.45) is 0.991. The number of ether oxygens (including phenoxy) is 2. The molecule has 0 aromatic carbocycles. The van der Waals surface area contributed by atoms with E-state index in [2.05, 4.69) is 4.90 Å². The van der Waals surface area contributed by atoms with Crippen LogP contribution >= 0.6 is 0 Å². The van der Waals surface area contributed by atoms with Gasteiger partial charge < -0.3 is 19.5 Å². The molecule has 0 saturated carbocycles. The molecule has 0 bridgehead atoms. The van der Waals surface area contributed by atoms with E-state index in [1.54, 1.807) is 7.11 Å². The van der Waals surface area contributed by atoms with Crippen molar-refractivity contribution in [2.24, 2.45) is 0 Å². The summed E-state index contributed by atoms with van der Waals surface area (Å²) < 4.78 is 10.2. The summed E-state index contributed by atoms with van der Waals surface area (Å²) in [7, 11) is 3.68. The van der Waals surface area contributed by atoms with Crippen molar-refractivity contribution in [2.75, 3.05) is 47.1 Å². The zero-order chi connectivity index (χ0) is 10.8. The van der Waals surface area contributed by atoms with Gasteiger partial charge in [0.15, 0.2) is 0 Å². The van der Waals surface area contributed by atoms with E-state index in [9.17, 15) is 0 Å². The molecule has 0 saturated heterocycles. The minimum atomic E-state index is 0.209. The Kier molecular flexibility index (Phi) is 9.29. The van der Waals surface area contributed by atoms with Crippen LogP contribution in [0.5, 0.6) is 0 Å². The molecular formula is C10H23NO3. The Morgan fingerprint density at radius 3 is 2.57 bits per heavy atom. The predicted octanol–water partition coefficient (Wildman–Crippen LogP) is 0.352. The molecule has 4 nitrogen and oxygen atoms in total. The van der Waals surface area contributed by atoms with Gasteiger partial charge in [-0.25, -0.2) is 0 Å². The molecule has 0 spiro atoms. The van der Waals surface area contributed by atoms with Crippen molar-refractivity contribution < 1.29 is 14.6 Å². The van der Waals surface area contributed by atoms with Gasteiger partial charge in [0.25, 0.3) is 0 Å². The molecule has 1 unspecified atom stereocenters. The van der Waals surface area contributed by atoms with Crippen LogP contribution < -0.4 is 0 Å². The molecule has 0 fully saturated rings. The molecule has 0 rings (SSSR count). The van der Waals surface area contributed by atoms with E-state index in [-0.39, 0.29) is 12.6 Å². The number of likely N-dealkylation sites (N-methyl/N-ethyl adjacent to an activating group) is 1. The van der Waals surface area contributed by atoms with Crippen LogP contribution in [-0.4, -0.2) is 63.2 Å². The molecule has 0 heterocycles. The maximum absolute atomic E-state index is 8.89. The van der Waals surface area contributed by atoms with Gasteiger partial charge in [0.1, 0.15) is 0 Å². The summed E-state index contributed by atoms with van der Waals surface area (Å²) in [5, 5.41) is 8.89. The molecular weight excluding hydrogens is 182 g/mol. The summed E-state index contributed by atoms with van der Waals surface area (Å²) >= 11 is 0. The third-order valence-corrected chi connectivity index (χ3v) is 2.25. The maximum Gasteiger partial charge on any atom is 0.0700 e. The van der Waals surface area contributed by atoms with Crippen LogP contribution in [0.4, 0.5) is 0 Å². The molecule has 0 amide bonds. The van der Waals surface area contributed by atoms with Crippen LogP contribution in [0.2, 0.25) is 0 Å². The van der Waals surface area contributed by atoms with E-state index in [0.717, 1.165) is 19.6 Å². The zero-order valence-electron chi connectivity index (χ0n) is 9.53. The van der Waals surface area contributed by atoms with Crippen LogP contribution in [0.3, 0.4) is 0 Å². The average molecular weight is 205 g/mol. The number of nitrogens with zero attached hydrogens (tertiary/aromatic N) is 1. The first-order chi connectivity index (χ1) is 6.72. The van der Waals surface area contributed by atoms with Crippen LogP contribution in [0, 0.1) is 0 Å². The minimum absolute atomic E-state index is 0.209. The van der Waals surface area contributed by atoms with Gasteiger partial charge in [-0.1, -0.05) is 0 Å². The standard InChI is InChI=1S/C10H23NO3/c1-10(9-12)11(2)5-4-6-14-8-7-13-3/h10,12H,4-9H2,1-3H3. The van der Waals surface area contributed by atoms with Crippen molar-refractivity contribution in [1.82, 2.24) is 4.90 Å². The fourth-order valence-electron chi connectivity index (χ4n) is 1.02. The Hall–Kier alpha value is -0.160. The van der Waals surface area contributed by atoms with Crippen molar-refractivity contribution in [3.05, 3.63) is 0 Å². The van der Waals surface area contributed by atoms with Gasteiger partial charge in [-0.3, -0.25) is 0 Å². The molecule has 0 aliphatic rings. The molecule has 86 valence electrons. The SMILES string of the molecule is COCCOCCCN(C)C(C)CO. The summed E-state index contributed by atoms with van der Waals surface area (Å²) in [5.74, 6) is 0. The molecule has 0 aliphatic heterocycles. The zero-order valence-corrected chi connectivity index (χ0v) is 9.53. The molecule has 0 aromatic heterocycles. The van der Waals surface area contributed by atoms with E-state index in [1.807, 2.05) is 14.0 Å². The molecule has 4 heteroatoms. The lowest BCUT2D eigenvalue weighted by molar-refractivity contribution is 0.0628. The summed E-state index contributed by atoms with van der Waals surface area (Å²) in [4.78, 5) is 2.12. The van der Waals surface area contributed by atoms with E-state index < -0.39 is 0 Å². The second-order valence-corrected chi connectivity index (χ2v) is 3.47. The highest BCUT2D eigenvalue weighted by Crippen LogP contribution is 1.95. The van der Waals surface area contributed by atoms with E-state index in [4.69, 9.17) is 14.6 Å². The Labute approximate surface area is 86.8 Å². The van der Waals surface area contributed by atoms with Crippen LogP contribution in [0.15, 0.2) is 0 Å². The number of aliphatic hydroxyl groups excluding tert-OH is 1. The highest BCUT2D eigenvalue weighted by atomic mass is 16.5. The van der Waals surface area contributed by atoms with Gasteiger partial charge in [0.2, 0.25) is 0 Å². The summed E-state index contributed by atoms with van der Waals surface area (Å²) in [6.45, 7) is 5.24. The molecule has 0 radical (unpaired) electrons. The van der Waals surface area contributed by atoms with E-state index >= 15 is 0 Å². The second kappa shape index (κ2) is 9.40. The number of hydrogen-bond acceptors (Lipinski definition) is 4. The summed E-state index contributed by atoms with van der Waals surface area (Å²) in [5.41, 5.74) is 0. The summed E-state index contributed by atoms with van der Waals surface area (Å²) in [6, 6.07) is 0.231. The van der Waals surface area contributed by atoms with Crippen molar-refractivity contribution in [3.8, 4) is 0 Å². The molecule has 1 atom stereocenters. The monoisotopic (exact) mass is 205 g/mol. The maximum atomic E-state index is 8.89. The highest BCUT2D eigenvalue weighted by molar-refractivity contribution is 4.60. The fraction of sp³-hybridized carbons (Fsp3) is 1.00. The van der Waals surface area contributed by atoms with E-state index in [1.165, 1.54) is 0 Å². The molecule has 0 aromatic rings. The lowest BCUT2D eigenvalue weighted by atomic mass is 10.3. The van der Waals surface area contributed by atoms with Crippen molar-refractivity contribution >= 4 is 0 Å². The topological polar surface area (TPSA) is 41.9 Å². The Bertz CT molecular complexity index is 122. The lowest BCUT2D eigenvalue weighted by Gasteiger charge is -2.22. The van der Waals surface area contributed by atoms with Crippen molar-refractivity contribution in [3.63, 3.8) is 0 Å². The third-order valence-electron chi connectivity index (χ3n) is 2.25. The average Bonchev–Trinajstić information content (AvgIpc) is 2.21. The van der Waals surface area contributed by atoms with Crippen LogP contribution in [0.1, 0.15) is 13.3 Å². The normalized spacial score (nSPS) is 13.5. The fourth-order valence-corrected chi connectivity index (χ4v) is 1.02. The Morgan fingerprint density at radius 2 is 2.00 bits per heavy atom. The predicted molar refractivity (Wildman–Crippen MR) is 56.5 cm³/mol. The van der Waals surface area contributed by atoms with Crippen LogP contribution in [0.25, 0.3) is 0 Å². The highest BCUT2D eigenvalue weighted by Gasteiger charge is 2.05. The van der Waals surface area contributed by atoms with Crippen molar-refractivity contribution in [1.29, 1.82) is 0 Å². The first-order valence-corrected chi connectivity index (χ1v) is 5.10. The smallest absolute Gasteiger partial charge is 0.0700 e. The first-order valence-electron chi connectivity index (χ1n) is 5.10. The van der Waals surface area contributed by atoms with E-state index in [0.29, 0.717) is 13.2 Å². The Morgan fingerprint density at radius 1 is 1.29 bits per heavy atom. The van der Waals surface area contributed by atoms with Gasteiger partial charge in [-0.15, -0.1) is 0 Å². The molecule has 0 aliphatic carbocycles. The van der Waals surface area contributed by atoms with Gasteiger partial charge in [-0.05, 0) is 20.4 Å². The number of aliphatic hydroxyl groups is 1. The lowest BCUT2D eigenvalue weighted by Crippen LogP contribution is -2.33. The van der Waals surface area contributed by atoms with Gasteiger partial charge >= 0.3 is 0 Å². The largest absolute Gasteiger partial charge is 0.395 e. The number of rotatable bonds is 9. The van der Waals surface area contributed by atoms with Crippen molar-refractivity contribution in [2.45, 2.75) is 19.4 Å². The molecule has 14 heavy (non-hydrogen) atoms. The molecule has 1 N–H and O–H groups in total. The minimum Gasteiger partial charge on any atom is -0.395 e. The number of hydrogen-bond donors (Lipinski definition) is 1. The quantitative estimate of drug-likeness (QED) is 0.552. The Balaban J connectivity index is 3.18. The first kappa shape index (κ1) is 13.8. The van der Waals surface area contributed by atoms with Gasteiger partial charge in [0.05, 0.1) is 19.8 Å². The van der Waals surface area contributed by atoms with Gasteiger partial charge in [-0.2, -0.15) is 0 Å².